The number of aromatic hydroxyl groups is 1. The number of alkyl carbamates (subject to hydrolysis) is 1. The lowest BCUT2D eigenvalue weighted by Crippen LogP contribution is -2.58. The van der Waals surface area contributed by atoms with Crippen molar-refractivity contribution in [1.29, 1.82) is 0 Å². The summed E-state index contributed by atoms with van der Waals surface area (Å²) in [6.45, 7) is 9.30. The largest absolute Gasteiger partial charge is 0.508 e. The molecule has 37 heavy (non-hydrogen) atoms. The van der Waals surface area contributed by atoms with E-state index in [1.807, 2.05) is 13.8 Å². The smallest absolute Gasteiger partial charge is 0.408 e. The lowest BCUT2D eigenvalue weighted by Gasteiger charge is -2.44. The fourth-order valence-corrected chi connectivity index (χ4v) is 5.17. The molecule has 2 fully saturated rings. The Labute approximate surface area is 221 Å². The SMILES string of the molecule is CC(C)CC(NC(=O)OC(C)(C)C)C(=O)N(C1CCC1)C(C(=O)NC1CCCCC1)c1ccccc1O. The molecule has 1 aromatic carbocycles. The molecule has 1 aromatic rings. The summed E-state index contributed by atoms with van der Waals surface area (Å²) in [6, 6.07) is 4.79. The number of para-hydroxylation sites is 1. The number of nitrogens with zero attached hydrogens (tertiary/aromatic N) is 1. The van der Waals surface area contributed by atoms with Crippen molar-refractivity contribution in [2.45, 2.75) is 122 Å². The number of hydrogen-bond donors (Lipinski definition) is 3. The van der Waals surface area contributed by atoms with E-state index in [1.54, 1.807) is 49.9 Å². The number of amides is 3. The van der Waals surface area contributed by atoms with E-state index in [-0.39, 0.29) is 35.6 Å². The molecule has 0 saturated heterocycles. The fraction of sp³-hybridized carbons (Fsp3) is 0.690. The summed E-state index contributed by atoms with van der Waals surface area (Å²) in [7, 11) is 0. The normalized spacial score (nSPS) is 18.4. The number of phenolic OH excluding ortho intramolecular Hbond substituents is 1. The van der Waals surface area contributed by atoms with E-state index in [0.717, 1.165) is 51.4 Å². The molecule has 0 radical (unpaired) electrons. The van der Waals surface area contributed by atoms with Crippen molar-refractivity contribution in [3.05, 3.63) is 29.8 Å². The van der Waals surface area contributed by atoms with Gasteiger partial charge in [0.1, 0.15) is 23.4 Å². The molecule has 3 N–H and O–H groups in total. The topological polar surface area (TPSA) is 108 Å². The van der Waals surface area contributed by atoms with Crippen molar-refractivity contribution in [2.75, 3.05) is 0 Å². The van der Waals surface area contributed by atoms with Gasteiger partial charge in [0.15, 0.2) is 0 Å². The zero-order valence-electron chi connectivity index (χ0n) is 23.1. The summed E-state index contributed by atoms with van der Waals surface area (Å²) in [5.41, 5.74) is -0.307. The lowest BCUT2D eigenvalue weighted by molar-refractivity contribution is -0.148. The van der Waals surface area contributed by atoms with Crippen molar-refractivity contribution in [1.82, 2.24) is 15.5 Å². The third-order valence-corrected chi connectivity index (χ3v) is 7.13. The molecular formula is C29H45N3O5. The van der Waals surface area contributed by atoms with Crippen LogP contribution in [0.5, 0.6) is 5.75 Å². The number of benzene rings is 1. The second-order valence-corrected chi connectivity index (χ2v) is 12.0. The molecule has 2 atom stereocenters. The highest BCUT2D eigenvalue weighted by atomic mass is 16.6. The van der Waals surface area contributed by atoms with Gasteiger partial charge in [-0.25, -0.2) is 4.79 Å². The molecule has 3 rings (SSSR count). The van der Waals surface area contributed by atoms with Crippen LogP contribution in [-0.4, -0.2) is 51.6 Å². The minimum Gasteiger partial charge on any atom is -0.508 e. The monoisotopic (exact) mass is 515 g/mol. The lowest BCUT2D eigenvalue weighted by atomic mass is 9.87. The first-order valence-corrected chi connectivity index (χ1v) is 13.9. The van der Waals surface area contributed by atoms with Crippen LogP contribution in [0.15, 0.2) is 24.3 Å². The van der Waals surface area contributed by atoms with Gasteiger partial charge in [0.2, 0.25) is 11.8 Å². The second-order valence-electron chi connectivity index (χ2n) is 12.0. The van der Waals surface area contributed by atoms with Gasteiger partial charge in [0.05, 0.1) is 0 Å². The molecule has 2 aliphatic rings. The van der Waals surface area contributed by atoms with Gasteiger partial charge in [-0.2, -0.15) is 0 Å². The Morgan fingerprint density at radius 2 is 1.68 bits per heavy atom. The Morgan fingerprint density at radius 3 is 2.22 bits per heavy atom. The summed E-state index contributed by atoms with van der Waals surface area (Å²) < 4.78 is 5.45. The number of phenols is 1. The standard InChI is InChI=1S/C29H45N3O5/c1-19(2)18-23(31-28(36)37-29(3,4)5)27(35)32(21-14-11-15-21)25(22-16-9-10-17-24(22)33)26(34)30-20-12-7-6-8-13-20/h9-10,16-17,19-21,23,25,33H,6-8,11-15,18H2,1-5H3,(H,30,34)(H,31,36). The van der Waals surface area contributed by atoms with E-state index < -0.39 is 23.8 Å². The van der Waals surface area contributed by atoms with Crippen LogP contribution in [0.1, 0.15) is 104 Å². The summed E-state index contributed by atoms with van der Waals surface area (Å²) in [6.07, 6.45) is 7.35. The third kappa shape index (κ3) is 8.11. The minimum absolute atomic E-state index is 0.0241. The van der Waals surface area contributed by atoms with Crippen LogP contribution < -0.4 is 10.6 Å². The van der Waals surface area contributed by atoms with Crippen LogP contribution in [0.25, 0.3) is 0 Å². The summed E-state index contributed by atoms with van der Waals surface area (Å²) in [4.78, 5) is 42.4. The third-order valence-electron chi connectivity index (χ3n) is 7.13. The summed E-state index contributed by atoms with van der Waals surface area (Å²) in [5.74, 6) is -0.513. The number of rotatable bonds is 9. The Hall–Kier alpha value is -2.77. The van der Waals surface area contributed by atoms with E-state index >= 15 is 0 Å². The molecule has 8 nitrogen and oxygen atoms in total. The summed E-state index contributed by atoms with van der Waals surface area (Å²) >= 11 is 0. The van der Waals surface area contributed by atoms with Crippen molar-refractivity contribution in [3.8, 4) is 5.75 Å². The van der Waals surface area contributed by atoms with Crippen LogP contribution >= 0.6 is 0 Å². The first-order chi connectivity index (χ1) is 17.5. The van der Waals surface area contributed by atoms with Crippen molar-refractivity contribution < 1.29 is 24.2 Å². The van der Waals surface area contributed by atoms with Crippen molar-refractivity contribution >= 4 is 17.9 Å². The number of ether oxygens (including phenoxy) is 1. The molecule has 3 amide bonds. The van der Waals surface area contributed by atoms with Gasteiger partial charge in [-0.3, -0.25) is 9.59 Å². The molecular weight excluding hydrogens is 470 g/mol. The second kappa shape index (κ2) is 12.7. The van der Waals surface area contributed by atoms with Gasteiger partial charge in [0.25, 0.3) is 0 Å². The van der Waals surface area contributed by atoms with Crippen molar-refractivity contribution in [3.63, 3.8) is 0 Å². The fourth-order valence-electron chi connectivity index (χ4n) is 5.17. The number of hydrogen-bond acceptors (Lipinski definition) is 5. The molecule has 2 aliphatic carbocycles. The van der Waals surface area contributed by atoms with E-state index in [0.29, 0.717) is 12.0 Å². The quantitative estimate of drug-likeness (QED) is 0.419. The number of carbonyl (C=O) groups excluding carboxylic acids is 3. The first kappa shape index (κ1) is 28.8. The Kier molecular flexibility index (Phi) is 9.85. The molecule has 0 aliphatic heterocycles. The number of carbonyl (C=O) groups is 3. The molecule has 2 saturated carbocycles. The van der Waals surface area contributed by atoms with E-state index in [1.165, 1.54) is 0 Å². The van der Waals surface area contributed by atoms with Crippen LogP contribution in [0.2, 0.25) is 0 Å². The molecule has 8 heteroatoms. The molecule has 0 spiro atoms. The predicted octanol–water partition coefficient (Wildman–Crippen LogP) is 5.20. The molecule has 0 heterocycles. The maximum atomic E-state index is 14.2. The van der Waals surface area contributed by atoms with Crippen LogP contribution in [0.3, 0.4) is 0 Å². The zero-order chi connectivity index (χ0) is 27.2. The van der Waals surface area contributed by atoms with Gasteiger partial charge in [0, 0.05) is 17.6 Å². The Morgan fingerprint density at radius 1 is 1.03 bits per heavy atom. The van der Waals surface area contributed by atoms with E-state index in [2.05, 4.69) is 10.6 Å². The zero-order valence-corrected chi connectivity index (χ0v) is 23.1. The maximum absolute atomic E-state index is 14.2. The Balaban J connectivity index is 1.97. The van der Waals surface area contributed by atoms with Crippen LogP contribution in [-0.2, 0) is 14.3 Å². The van der Waals surface area contributed by atoms with Gasteiger partial charge in [-0.15, -0.1) is 0 Å². The highest BCUT2D eigenvalue weighted by molar-refractivity contribution is 5.93. The van der Waals surface area contributed by atoms with Crippen molar-refractivity contribution in [2.24, 2.45) is 5.92 Å². The Bertz CT molecular complexity index is 932. The maximum Gasteiger partial charge on any atom is 0.408 e. The summed E-state index contributed by atoms with van der Waals surface area (Å²) in [5, 5.41) is 16.7. The predicted molar refractivity (Wildman–Crippen MR) is 143 cm³/mol. The molecule has 0 aromatic heterocycles. The average Bonchev–Trinajstić information content (AvgIpc) is 2.77. The average molecular weight is 516 g/mol. The first-order valence-electron chi connectivity index (χ1n) is 13.9. The molecule has 0 bridgehead atoms. The molecule has 2 unspecified atom stereocenters. The van der Waals surface area contributed by atoms with Gasteiger partial charge < -0.3 is 25.4 Å². The van der Waals surface area contributed by atoms with Crippen LogP contribution in [0, 0.1) is 5.92 Å². The van der Waals surface area contributed by atoms with E-state index in [9.17, 15) is 19.5 Å². The van der Waals surface area contributed by atoms with Gasteiger partial charge in [-0.05, 0) is 71.3 Å². The van der Waals surface area contributed by atoms with E-state index in [4.69, 9.17) is 4.74 Å². The highest BCUT2D eigenvalue weighted by Gasteiger charge is 2.43. The number of nitrogens with one attached hydrogen (secondary N) is 2. The molecule has 206 valence electrons. The van der Waals surface area contributed by atoms with Gasteiger partial charge >= 0.3 is 6.09 Å². The minimum atomic E-state index is -0.990. The van der Waals surface area contributed by atoms with Crippen LogP contribution in [0.4, 0.5) is 4.79 Å². The highest BCUT2D eigenvalue weighted by Crippen LogP contribution is 2.37. The van der Waals surface area contributed by atoms with Gasteiger partial charge in [-0.1, -0.05) is 51.3 Å².